The first kappa shape index (κ1) is 21.7. The molecule has 0 spiro atoms. The number of hydrogen-bond acceptors (Lipinski definition) is 3. The Balaban J connectivity index is 0.00000261. The number of primary amides is 1. The molecule has 0 saturated carbocycles. The van der Waals surface area contributed by atoms with Crippen LogP contribution >= 0.6 is 35.0 Å². The maximum absolute atomic E-state index is 13.0. The Labute approximate surface area is 177 Å². The van der Waals surface area contributed by atoms with Crippen LogP contribution in [0.25, 0.3) is 21.8 Å². The second-order valence-electron chi connectivity index (χ2n) is 6.35. The third kappa shape index (κ3) is 4.44. The van der Waals surface area contributed by atoms with Gasteiger partial charge in [0.25, 0.3) is 5.91 Å². The summed E-state index contributed by atoms with van der Waals surface area (Å²) < 4.78 is 0.993. The van der Waals surface area contributed by atoms with E-state index >= 15 is 0 Å². The van der Waals surface area contributed by atoms with E-state index in [2.05, 4.69) is 46.3 Å². The lowest BCUT2D eigenvalue weighted by Crippen LogP contribution is -2.25. The van der Waals surface area contributed by atoms with Gasteiger partial charge >= 0.3 is 0 Å². The van der Waals surface area contributed by atoms with Gasteiger partial charge in [0.1, 0.15) is 0 Å². The number of benzene rings is 2. The predicted molar refractivity (Wildman–Crippen MR) is 122 cm³/mol. The van der Waals surface area contributed by atoms with Gasteiger partial charge in [0.2, 0.25) is 0 Å². The lowest BCUT2D eigenvalue weighted by Gasteiger charge is -2.18. The van der Waals surface area contributed by atoms with Crippen LogP contribution in [0.5, 0.6) is 0 Å². The lowest BCUT2D eigenvalue weighted by molar-refractivity contribution is 0.100. The molecule has 0 aliphatic carbocycles. The number of halogens is 2. The van der Waals surface area contributed by atoms with E-state index in [9.17, 15) is 9.59 Å². The zero-order chi connectivity index (χ0) is 18.8. The highest BCUT2D eigenvalue weighted by molar-refractivity contribution is 14.1. The van der Waals surface area contributed by atoms with E-state index in [1.807, 2.05) is 30.3 Å². The number of amides is 1. The van der Waals surface area contributed by atoms with Crippen molar-refractivity contribution in [2.45, 2.75) is 20.3 Å². The number of aromatic amines is 1. The summed E-state index contributed by atoms with van der Waals surface area (Å²) in [6.45, 7) is 7.06. The Morgan fingerprint density at radius 2 is 1.85 bits per heavy atom. The van der Waals surface area contributed by atoms with Crippen molar-refractivity contribution in [3.05, 3.63) is 55.3 Å². The summed E-state index contributed by atoms with van der Waals surface area (Å²) in [6.07, 6.45) is 0.766. The fraction of sp³-hybridized carbons (Fsp3) is 0.300. The van der Waals surface area contributed by atoms with Crippen LogP contribution in [0.3, 0.4) is 0 Å². The second kappa shape index (κ2) is 9.03. The van der Waals surface area contributed by atoms with Crippen molar-refractivity contribution >= 4 is 62.7 Å². The molecule has 5 nitrogen and oxygen atoms in total. The van der Waals surface area contributed by atoms with E-state index < -0.39 is 5.91 Å². The molecule has 0 aliphatic heterocycles. The van der Waals surface area contributed by atoms with Gasteiger partial charge in [-0.3, -0.25) is 9.59 Å². The van der Waals surface area contributed by atoms with Gasteiger partial charge in [-0.2, -0.15) is 0 Å². The normalized spacial score (nSPS) is 11.1. The van der Waals surface area contributed by atoms with Crippen LogP contribution < -0.4 is 11.2 Å². The first-order valence-corrected chi connectivity index (χ1v) is 9.82. The average molecular weight is 500 g/mol. The average Bonchev–Trinajstić information content (AvgIpc) is 2.63. The molecular weight excluding hydrogens is 477 g/mol. The van der Waals surface area contributed by atoms with Crippen molar-refractivity contribution in [2.75, 3.05) is 19.6 Å². The number of hydrogen-bond donors (Lipinski definition) is 2. The third-order valence-corrected chi connectivity index (χ3v) is 5.48. The molecule has 0 bridgehead atoms. The standard InChI is InChI=1S/C20H22IN3O2.ClH/c1-3-24(4-2)8-7-12-9-15-18(16(10-12)20(22)26)23-17-6-5-13(21)11-14(17)19(15)25;/h5-6,9-11H,3-4,7-8H2,1-2H3,(H2,22,26)(H,23,25);1H. The number of carbonyl (C=O) groups excluding carboxylic acids is 1. The van der Waals surface area contributed by atoms with Gasteiger partial charge in [-0.25, -0.2) is 0 Å². The molecule has 27 heavy (non-hydrogen) atoms. The van der Waals surface area contributed by atoms with E-state index in [-0.39, 0.29) is 17.8 Å². The summed E-state index contributed by atoms with van der Waals surface area (Å²) in [5.74, 6) is -0.528. The first-order valence-electron chi connectivity index (χ1n) is 8.75. The molecule has 3 aromatic rings. The minimum absolute atomic E-state index is 0. The number of nitrogens with zero attached hydrogens (tertiary/aromatic N) is 1. The first-order chi connectivity index (χ1) is 12.4. The van der Waals surface area contributed by atoms with E-state index in [1.54, 1.807) is 0 Å². The fourth-order valence-electron chi connectivity index (χ4n) is 3.27. The molecule has 0 saturated heterocycles. The zero-order valence-electron chi connectivity index (χ0n) is 15.3. The lowest BCUT2D eigenvalue weighted by atomic mass is 10.0. The molecule has 144 valence electrons. The molecule has 0 fully saturated rings. The molecular formula is C20H23ClIN3O2. The Kier molecular flexibility index (Phi) is 7.25. The maximum atomic E-state index is 13.0. The highest BCUT2D eigenvalue weighted by atomic mass is 127. The van der Waals surface area contributed by atoms with Crippen LogP contribution in [0.2, 0.25) is 0 Å². The van der Waals surface area contributed by atoms with Gasteiger partial charge in [0, 0.05) is 26.4 Å². The molecule has 7 heteroatoms. The van der Waals surface area contributed by atoms with Crippen molar-refractivity contribution in [2.24, 2.45) is 5.73 Å². The summed E-state index contributed by atoms with van der Waals surface area (Å²) in [7, 11) is 0. The van der Waals surface area contributed by atoms with E-state index in [0.717, 1.165) is 35.2 Å². The minimum Gasteiger partial charge on any atom is -0.366 e. The molecule has 1 aromatic heterocycles. The summed E-state index contributed by atoms with van der Waals surface area (Å²) in [4.78, 5) is 30.6. The summed E-state index contributed by atoms with van der Waals surface area (Å²) >= 11 is 2.19. The van der Waals surface area contributed by atoms with Crippen molar-refractivity contribution in [3.8, 4) is 0 Å². The second-order valence-corrected chi connectivity index (χ2v) is 7.60. The molecule has 3 rings (SSSR count). The molecule has 3 N–H and O–H groups in total. The molecule has 0 radical (unpaired) electrons. The number of rotatable bonds is 6. The van der Waals surface area contributed by atoms with Crippen LogP contribution in [0.4, 0.5) is 0 Å². The van der Waals surface area contributed by atoms with Crippen molar-refractivity contribution in [3.63, 3.8) is 0 Å². The monoisotopic (exact) mass is 499 g/mol. The topological polar surface area (TPSA) is 79.2 Å². The highest BCUT2D eigenvalue weighted by Gasteiger charge is 2.15. The predicted octanol–water partition coefficient (Wildman–Crippen LogP) is 3.69. The van der Waals surface area contributed by atoms with E-state index in [4.69, 9.17) is 5.73 Å². The zero-order valence-corrected chi connectivity index (χ0v) is 18.3. The Hall–Kier alpha value is -1.64. The van der Waals surface area contributed by atoms with Gasteiger partial charge < -0.3 is 15.6 Å². The van der Waals surface area contributed by atoms with Crippen molar-refractivity contribution in [1.82, 2.24) is 9.88 Å². The smallest absolute Gasteiger partial charge is 0.250 e. The maximum Gasteiger partial charge on any atom is 0.250 e. The number of likely N-dealkylation sites (N-methyl/N-ethyl adjacent to an activating group) is 1. The van der Waals surface area contributed by atoms with Crippen LogP contribution in [0, 0.1) is 3.57 Å². The van der Waals surface area contributed by atoms with Gasteiger partial charge in [-0.15, -0.1) is 12.4 Å². The van der Waals surface area contributed by atoms with Crippen LogP contribution in [0.1, 0.15) is 29.8 Å². The van der Waals surface area contributed by atoms with Crippen LogP contribution in [-0.2, 0) is 6.42 Å². The number of pyridine rings is 1. The summed E-state index contributed by atoms with van der Waals surface area (Å²) in [5, 5.41) is 1.14. The van der Waals surface area contributed by atoms with Crippen LogP contribution in [-0.4, -0.2) is 35.4 Å². The molecule has 1 amide bonds. The molecule has 1 heterocycles. The highest BCUT2D eigenvalue weighted by Crippen LogP contribution is 2.22. The van der Waals surface area contributed by atoms with Gasteiger partial charge in [0.15, 0.2) is 5.43 Å². The minimum atomic E-state index is -0.528. The Morgan fingerprint density at radius 3 is 2.48 bits per heavy atom. The third-order valence-electron chi connectivity index (χ3n) is 4.81. The molecule has 0 unspecified atom stereocenters. The van der Waals surface area contributed by atoms with Gasteiger partial charge in [0.05, 0.1) is 11.1 Å². The summed E-state index contributed by atoms with van der Waals surface area (Å²) in [6, 6.07) is 9.34. The molecule has 0 atom stereocenters. The molecule has 0 aliphatic rings. The van der Waals surface area contributed by atoms with Gasteiger partial charge in [-0.05, 0) is 78.0 Å². The van der Waals surface area contributed by atoms with Crippen molar-refractivity contribution < 1.29 is 4.79 Å². The summed E-state index contributed by atoms with van der Waals surface area (Å²) in [5.41, 5.74) is 8.08. The Morgan fingerprint density at radius 1 is 1.15 bits per heavy atom. The molecule has 2 aromatic carbocycles. The number of fused-ring (bicyclic) bond motifs is 2. The number of aromatic nitrogens is 1. The fourth-order valence-corrected chi connectivity index (χ4v) is 3.77. The van der Waals surface area contributed by atoms with E-state index in [0.29, 0.717) is 27.4 Å². The van der Waals surface area contributed by atoms with Crippen molar-refractivity contribution in [1.29, 1.82) is 0 Å². The Bertz CT molecular complexity index is 1040. The number of carbonyl (C=O) groups is 1. The van der Waals surface area contributed by atoms with E-state index in [1.165, 1.54) is 0 Å². The number of H-pyrrole nitrogens is 1. The van der Waals surface area contributed by atoms with Crippen LogP contribution in [0.15, 0.2) is 35.1 Å². The number of nitrogens with two attached hydrogens (primary N) is 1. The van der Waals surface area contributed by atoms with Gasteiger partial charge in [-0.1, -0.05) is 13.8 Å². The quantitative estimate of drug-likeness (QED) is 0.401. The largest absolute Gasteiger partial charge is 0.366 e. The number of nitrogens with one attached hydrogen (secondary N) is 1. The SMILES string of the molecule is CCN(CC)CCc1cc(C(N)=O)c2[nH]c3ccc(I)cc3c(=O)c2c1.Cl.